The van der Waals surface area contributed by atoms with Crippen molar-refractivity contribution >= 4 is 11.4 Å². The average molecular weight is 315 g/mol. The van der Waals surface area contributed by atoms with Crippen LogP contribution >= 0.6 is 0 Å². The number of carbonyl (C=O) groups excluding carboxylic acids is 1. The van der Waals surface area contributed by atoms with Gasteiger partial charge < -0.3 is 10.0 Å². The van der Waals surface area contributed by atoms with E-state index in [2.05, 4.69) is 18.9 Å². The quantitative estimate of drug-likeness (QED) is 0.947. The maximum absolute atomic E-state index is 12.9. The van der Waals surface area contributed by atoms with E-state index in [1.165, 1.54) is 0 Å². The molecular formula is C18H25N3O2. The lowest BCUT2D eigenvalue weighted by Gasteiger charge is -2.43. The number of nitrogens with zero attached hydrogens (tertiary/aromatic N) is 3. The second-order valence-corrected chi connectivity index (χ2v) is 7.27. The third-order valence-corrected chi connectivity index (χ3v) is 4.91. The monoisotopic (exact) mass is 315 g/mol. The molecule has 0 saturated carbocycles. The Morgan fingerprint density at radius 1 is 1.48 bits per heavy atom. The molecule has 1 aliphatic heterocycles. The molecule has 0 aromatic carbocycles. The summed E-state index contributed by atoms with van der Waals surface area (Å²) in [4.78, 5) is 14.8. The Hall–Kier alpha value is -1.88. The zero-order chi connectivity index (χ0) is 16.6. The van der Waals surface area contributed by atoms with Crippen molar-refractivity contribution in [2.24, 2.45) is 11.8 Å². The first-order valence-corrected chi connectivity index (χ1v) is 8.32. The summed E-state index contributed by atoms with van der Waals surface area (Å²) < 4.78 is 1.72. The van der Waals surface area contributed by atoms with E-state index in [1.54, 1.807) is 10.7 Å². The van der Waals surface area contributed by atoms with Gasteiger partial charge in [-0.1, -0.05) is 19.9 Å². The van der Waals surface area contributed by atoms with Gasteiger partial charge in [0.05, 0.1) is 22.9 Å². The molecule has 2 atom stereocenters. The summed E-state index contributed by atoms with van der Waals surface area (Å²) in [5, 5.41) is 14.9. The molecule has 1 N–H and O–H groups in total. The fourth-order valence-corrected chi connectivity index (χ4v) is 3.47. The van der Waals surface area contributed by atoms with Gasteiger partial charge in [-0.3, -0.25) is 4.79 Å². The lowest BCUT2D eigenvalue weighted by atomic mass is 9.78. The molecule has 1 amide bonds. The zero-order valence-electron chi connectivity index (χ0n) is 14.1. The lowest BCUT2D eigenvalue weighted by molar-refractivity contribution is -0.0576. The van der Waals surface area contributed by atoms with E-state index in [-0.39, 0.29) is 11.8 Å². The number of piperidine rings is 1. The second-order valence-electron chi connectivity index (χ2n) is 7.27. The Labute approximate surface area is 136 Å². The first-order chi connectivity index (χ1) is 10.9. The molecule has 0 aliphatic carbocycles. The van der Waals surface area contributed by atoms with Crippen LogP contribution in [-0.2, 0) is 0 Å². The Balaban J connectivity index is 1.82. The van der Waals surface area contributed by atoms with Crippen molar-refractivity contribution in [1.82, 2.24) is 14.5 Å². The number of carbonyl (C=O) groups is 1. The van der Waals surface area contributed by atoms with Crippen molar-refractivity contribution in [2.45, 2.75) is 39.2 Å². The van der Waals surface area contributed by atoms with Gasteiger partial charge in [-0.2, -0.15) is 5.10 Å². The minimum absolute atomic E-state index is 0.00968. The summed E-state index contributed by atoms with van der Waals surface area (Å²) in [6.07, 6.45) is 5.03. The van der Waals surface area contributed by atoms with Crippen LogP contribution in [0, 0.1) is 11.8 Å². The summed E-state index contributed by atoms with van der Waals surface area (Å²) in [5.74, 6) is 0.621. The van der Waals surface area contributed by atoms with E-state index in [0.717, 1.165) is 11.9 Å². The topological polar surface area (TPSA) is 57.8 Å². The molecule has 3 heterocycles. The minimum atomic E-state index is -0.692. The van der Waals surface area contributed by atoms with Crippen LogP contribution in [0.3, 0.4) is 0 Å². The predicted molar refractivity (Wildman–Crippen MR) is 89.3 cm³/mol. The fraction of sp³-hybridized carbons (Fsp3) is 0.556. The number of pyridine rings is 1. The Morgan fingerprint density at radius 3 is 3.00 bits per heavy atom. The number of rotatable bonds is 3. The lowest BCUT2D eigenvalue weighted by Crippen LogP contribution is -2.52. The van der Waals surface area contributed by atoms with E-state index >= 15 is 0 Å². The molecule has 2 aromatic rings. The first-order valence-electron chi connectivity index (χ1n) is 8.32. The number of fused-ring (bicyclic) bond motifs is 1. The number of aromatic nitrogens is 2. The van der Waals surface area contributed by atoms with E-state index in [0.29, 0.717) is 31.0 Å². The number of hydrogen-bond acceptors (Lipinski definition) is 3. The molecule has 0 spiro atoms. The van der Waals surface area contributed by atoms with Crippen LogP contribution in [-0.4, -0.2) is 44.2 Å². The van der Waals surface area contributed by atoms with Gasteiger partial charge in [0, 0.05) is 25.2 Å². The van der Waals surface area contributed by atoms with Crippen molar-refractivity contribution in [1.29, 1.82) is 0 Å². The highest BCUT2D eigenvalue weighted by molar-refractivity contribution is 6.00. The van der Waals surface area contributed by atoms with Crippen LogP contribution in [0.5, 0.6) is 0 Å². The van der Waals surface area contributed by atoms with Crippen molar-refractivity contribution < 1.29 is 9.90 Å². The van der Waals surface area contributed by atoms with Crippen LogP contribution in [0.25, 0.3) is 5.52 Å². The summed E-state index contributed by atoms with van der Waals surface area (Å²) in [6.45, 7) is 7.40. The normalized spacial score (nSPS) is 25.3. The van der Waals surface area contributed by atoms with Crippen LogP contribution in [0.2, 0.25) is 0 Å². The van der Waals surface area contributed by atoms with Gasteiger partial charge in [-0.05, 0) is 37.8 Å². The Bertz CT molecular complexity index is 705. The van der Waals surface area contributed by atoms with Crippen molar-refractivity contribution in [3.05, 3.63) is 36.2 Å². The average Bonchev–Trinajstić information content (AvgIpc) is 2.92. The van der Waals surface area contributed by atoms with E-state index in [1.807, 2.05) is 36.2 Å². The molecule has 0 bridgehead atoms. The predicted octanol–water partition coefficient (Wildman–Crippen LogP) is 2.59. The highest BCUT2D eigenvalue weighted by atomic mass is 16.3. The highest BCUT2D eigenvalue weighted by Gasteiger charge is 2.39. The molecule has 0 unspecified atom stereocenters. The van der Waals surface area contributed by atoms with Gasteiger partial charge in [-0.15, -0.1) is 0 Å². The van der Waals surface area contributed by atoms with Gasteiger partial charge in [0.15, 0.2) is 0 Å². The van der Waals surface area contributed by atoms with Crippen molar-refractivity contribution in [2.75, 3.05) is 13.1 Å². The van der Waals surface area contributed by atoms with Gasteiger partial charge in [0.25, 0.3) is 5.91 Å². The summed E-state index contributed by atoms with van der Waals surface area (Å²) in [6, 6.07) is 5.72. The largest absolute Gasteiger partial charge is 0.390 e. The summed E-state index contributed by atoms with van der Waals surface area (Å²) in [7, 11) is 0. The Kier molecular flexibility index (Phi) is 4.15. The summed E-state index contributed by atoms with van der Waals surface area (Å²) >= 11 is 0. The molecule has 1 aliphatic rings. The summed E-state index contributed by atoms with van der Waals surface area (Å²) in [5.41, 5.74) is 0.771. The molecule has 124 valence electrons. The first kappa shape index (κ1) is 16.0. The van der Waals surface area contributed by atoms with Gasteiger partial charge >= 0.3 is 0 Å². The zero-order valence-corrected chi connectivity index (χ0v) is 14.1. The maximum Gasteiger partial charge on any atom is 0.257 e. The Morgan fingerprint density at radius 2 is 2.26 bits per heavy atom. The molecule has 5 heteroatoms. The standard InChI is InChI=1S/C18H25N3O2/c1-13(2)10-14-12-20(9-7-18(14,3)23)17(22)15-11-19-21-8-5-4-6-16(15)21/h4-6,8,11,13-14,23H,7,9-10,12H2,1-3H3/t14-,18+/m1/s1. The van der Waals surface area contributed by atoms with E-state index in [9.17, 15) is 9.90 Å². The van der Waals surface area contributed by atoms with E-state index in [4.69, 9.17) is 0 Å². The van der Waals surface area contributed by atoms with Crippen LogP contribution in [0.4, 0.5) is 0 Å². The van der Waals surface area contributed by atoms with Crippen LogP contribution < -0.4 is 0 Å². The fourth-order valence-electron chi connectivity index (χ4n) is 3.47. The van der Waals surface area contributed by atoms with Crippen LogP contribution in [0.15, 0.2) is 30.6 Å². The third kappa shape index (κ3) is 3.11. The molecule has 0 radical (unpaired) electrons. The molecule has 1 saturated heterocycles. The minimum Gasteiger partial charge on any atom is -0.390 e. The molecular weight excluding hydrogens is 290 g/mol. The number of likely N-dealkylation sites (tertiary alicyclic amines) is 1. The SMILES string of the molecule is CC(C)C[C@@H]1CN(C(=O)c2cnn3ccccc23)CC[C@]1(C)O. The van der Waals surface area contributed by atoms with Crippen molar-refractivity contribution in [3.8, 4) is 0 Å². The third-order valence-electron chi connectivity index (χ3n) is 4.91. The molecule has 5 nitrogen and oxygen atoms in total. The highest BCUT2D eigenvalue weighted by Crippen LogP contribution is 2.33. The number of hydrogen-bond donors (Lipinski definition) is 1. The van der Waals surface area contributed by atoms with Crippen LogP contribution in [0.1, 0.15) is 44.0 Å². The van der Waals surface area contributed by atoms with Gasteiger partial charge in [0.2, 0.25) is 0 Å². The van der Waals surface area contributed by atoms with Gasteiger partial charge in [0.1, 0.15) is 0 Å². The van der Waals surface area contributed by atoms with E-state index < -0.39 is 5.60 Å². The van der Waals surface area contributed by atoms with Gasteiger partial charge in [-0.25, -0.2) is 4.52 Å². The smallest absolute Gasteiger partial charge is 0.257 e. The molecule has 1 fully saturated rings. The number of amides is 1. The van der Waals surface area contributed by atoms with Crippen molar-refractivity contribution in [3.63, 3.8) is 0 Å². The molecule has 3 rings (SSSR count). The molecule has 23 heavy (non-hydrogen) atoms. The maximum atomic E-state index is 12.9. The number of aliphatic hydroxyl groups is 1. The second kappa shape index (κ2) is 5.96. The molecule has 2 aromatic heterocycles.